The third-order valence-electron chi connectivity index (χ3n) is 4.82. The SMILES string of the molecule is CCN(CC)c1ccc(/C=C(\C#N)C(=O)OCCC[N+](C)(C)CCOC(C)=O)cc1.[Cl-]. The minimum Gasteiger partial charge on any atom is -1.00 e. The van der Waals surface area contributed by atoms with Crippen molar-refractivity contribution >= 4 is 23.7 Å². The minimum atomic E-state index is -0.615. The second kappa shape index (κ2) is 14.4. The van der Waals surface area contributed by atoms with Gasteiger partial charge in [-0.25, -0.2) is 4.79 Å². The number of esters is 2. The maximum atomic E-state index is 12.2. The molecule has 0 bridgehead atoms. The van der Waals surface area contributed by atoms with Crippen molar-refractivity contribution < 1.29 is 36.0 Å². The van der Waals surface area contributed by atoms with Gasteiger partial charge in [0, 0.05) is 32.1 Å². The number of carbonyl (C=O) groups excluding carboxylic acids is 2. The zero-order valence-corrected chi connectivity index (χ0v) is 19.9. The highest BCUT2D eigenvalue weighted by atomic mass is 35.5. The minimum absolute atomic E-state index is 0. The molecule has 0 radical (unpaired) electrons. The molecular formula is C23H34ClN3O4. The summed E-state index contributed by atoms with van der Waals surface area (Å²) in [6.07, 6.45) is 2.20. The lowest BCUT2D eigenvalue weighted by Gasteiger charge is -2.29. The maximum absolute atomic E-state index is 12.2. The van der Waals surface area contributed by atoms with E-state index in [9.17, 15) is 14.9 Å². The molecule has 0 amide bonds. The van der Waals surface area contributed by atoms with Crippen LogP contribution in [0.25, 0.3) is 6.08 Å². The average molecular weight is 452 g/mol. The Morgan fingerprint density at radius 3 is 2.19 bits per heavy atom. The Labute approximate surface area is 192 Å². The number of rotatable bonds is 12. The Morgan fingerprint density at radius 2 is 1.68 bits per heavy atom. The summed E-state index contributed by atoms with van der Waals surface area (Å²) in [7, 11) is 4.04. The molecule has 0 atom stereocenters. The van der Waals surface area contributed by atoms with Crippen molar-refractivity contribution in [3.8, 4) is 6.07 Å². The zero-order valence-electron chi connectivity index (χ0n) is 19.2. The number of anilines is 1. The van der Waals surface area contributed by atoms with Crippen LogP contribution in [0.1, 0.15) is 32.8 Å². The van der Waals surface area contributed by atoms with Crippen molar-refractivity contribution in [1.29, 1.82) is 5.26 Å². The van der Waals surface area contributed by atoms with Crippen LogP contribution in [0.3, 0.4) is 0 Å². The summed E-state index contributed by atoms with van der Waals surface area (Å²) in [6, 6.07) is 9.67. The van der Waals surface area contributed by atoms with Crippen LogP contribution in [-0.4, -0.2) is 69.9 Å². The van der Waals surface area contributed by atoms with Crippen LogP contribution in [0.5, 0.6) is 0 Å². The number of nitriles is 1. The van der Waals surface area contributed by atoms with Crippen molar-refractivity contribution in [3.63, 3.8) is 0 Å². The van der Waals surface area contributed by atoms with Crippen LogP contribution >= 0.6 is 0 Å². The number of benzene rings is 1. The predicted molar refractivity (Wildman–Crippen MR) is 118 cm³/mol. The van der Waals surface area contributed by atoms with Crippen molar-refractivity contribution in [3.05, 3.63) is 35.4 Å². The van der Waals surface area contributed by atoms with Gasteiger partial charge in [0.15, 0.2) is 0 Å². The van der Waals surface area contributed by atoms with Crippen molar-refractivity contribution in [2.75, 3.05) is 58.4 Å². The first kappa shape index (κ1) is 28.4. The van der Waals surface area contributed by atoms with Gasteiger partial charge in [0.2, 0.25) is 0 Å². The number of hydrogen-bond donors (Lipinski definition) is 0. The van der Waals surface area contributed by atoms with Gasteiger partial charge in [0.1, 0.15) is 24.8 Å². The Hall–Kier alpha value is -2.56. The second-order valence-electron chi connectivity index (χ2n) is 7.65. The second-order valence-corrected chi connectivity index (χ2v) is 7.65. The molecule has 0 heterocycles. The summed E-state index contributed by atoms with van der Waals surface area (Å²) in [5.74, 6) is -0.905. The summed E-state index contributed by atoms with van der Waals surface area (Å²) in [5, 5.41) is 9.33. The summed E-state index contributed by atoms with van der Waals surface area (Å²) >= 11 is 0. The lowest BCUT2D eigenvalue weighted by atomic mass is 10.1. The van der Waals surface area contributed by atoms with E-state index >= 15 is 0 Å². The number of nitrogens with zero attached hydrogens (tertiary/aromatic N) is 3. The highest BCUT2D eigenvalue weighted by molar-refractivity contribution is 5.97. The van der Waals surface area contributed by atoms with Gasteiger partial charge in [0.25, 0.3) is 0 Å². The molecule has 1 aromatic carbocycles. The van der Waals surface area contributed by atoms with Crippen LogP contribution in [0.4, 0.5) is 5.69 Å². The lowest BCUT2D eigenvalue weighted by molar-refractivity contribution is -0.890. The van der Waals surface area contributed by atoms with Crippen LogP contribution in [0, 0.1) is 11.3 Å². The maximum Gasteiger partial charge on any atom is 0.348 e. The van der Waals surface area contributed by atoms with Gasteiger partial charge in [-0.1, -0.05) is 12.1 Å². The summed E-state index contributed by atoms with van der Waals surface area (Å²) in [6.45, 7) is 9.44. The molecule has 0 aliphatic carbocycles. The monoisotopic (exact) mass is 451 g/mol. The fourth-order valence-corrected chi connectivity index (χ4v) is 2.96. The lowest BCUT2D eigenvalue weighted by Crippen LogP contribution is -3.00. The molecule has 0 spiro atoms. The van der Waals surface area contributed by atoms with E-state index in [1.165, 1.54) is 6.92 Å². The summed E-state index contributed by atoms with van der Waals surface area (Å²) < 4.78 is 10.9. The number of ether oxygens (including phenoxy) is 2. The van der Waals surface area contributed by atoms with Gasteiger partial charge in [-0.05, 0) is 37.6 Å². The molecule has 0 saturated carbocycles. The first-order valence-corrected chi connectivity index (χ1v) is 10.3. The summed E-state index contributed by atoms with van der Waals surface area (Å²) in [4.78, 5) is 25.3. The molecule has 7 nitrogen and oxygen atoms in total. The molecular weight excluding hydrogens is 418 g/mol. The van der Waals surface area contributed by atoms with Crippen molar-refractivity contribution in [2.24, 2.45) is 0 Å². The molecule has 1 aromatic rings. The van der Waals surface area contributed by atoms with Crippen LogP contribution in [0.2, 0.25) is 0 Å². The Kier molecular flexibility index (Phi) is 13.3. The highest BCUT2D eigenvalue weighted by Gasteiger charge is 2.16. The third-order valence-corrected chi connectivity index (χ3v) is 4.82. The highest BCUT2D eigenvalue weighted by Crippen LogP contribution is 2.17. The third kappa shape index (κ3) is 10.9. The first-order valence-electron chi connectivity index (χ1n) is 10.3. The van der Waals surface area contributed by atoms with E-state index < -0.39 is 5.97 Å². The zero-order chi connectivity index (χ0) is 22.6. The van der Waals surface area contributed by atoms with Gasteiger partial charge in [-0.3, -0.25) is 4.79 Å². The van der Waals surface area contributed by atoms with Crippen molar-refractivity contribution in [2.45, 2.75) is 27.2 Å². The number of likely N-dealkylation sites (N-methyl/N-ethyl adjacent to an activating group) is 1. The quantitative estimate of drug-likeness (QED) is 0.146. The van der Waals surface area contributed by atoms with Crippen LogP contribution in [-0.2, 0) is 19.1 Å². The van der Waals surface area contributed by atoms with E-state index in [0.717, 1.165) is 30.9 Å². The molecule has 31 heavy (non-hydrogen) atoms. The molecule has 0 aliphatic rings. The van der Waals surface area contributed by atoms with Gasteiger partial charge >= 0.3 is 11.9 Å². The molecule has 8 heteroatoms. The smallest absolute Gasteiger partial charge is 0.348 e. The molecule has 0 unspecified atom stereocenters. The van der Waals surface area contributed by atoms with E-state index in [4.69, 9.17) is 9.47 Å². The fourth-order valence-electron chi connectivity index (χ4n) is 2.96. The molecule has 0 aliphatic heterocycles. The van der Waals surface area contributed by atoms with Crippen molar-refractivity contribution in [1.82, 2.24) is 0 Å². The van der Waals surface area contributed by atoms with E-state index in [0.29, 0.717) is 24.1 Å². The number of quaternary nitrogens is 1. The Balaban J connectivity index is 0.00000900. The van der Waals surface area contributed by atoms with Gasteiger partial charge in [-0.2, -0.15) is 5.26 Å². The standard InChI is InChI=1S/C23H34N3O4.ClH/c1-6-25(7-2)22-11-9-20(10-12-22)17-21(18-24)23(28)30-15-8-13-26(4,5)14-16-29-19(3)27;/h9-12,17H,6-8,13-16H2,1-5H3;1H/q+1;/p-1/b21-17+;. The molecule has 0 saturated heterocycles. The average Bonchev–Trinajstić information content (AvgIpc) is 2.70. The van der Waals surface area contributed by atoms with E-state index in [1.54, 1.807) is 6.08 Å². The summed E-state index contributed by atoms with van der Waals surface area (Å²) in [5.41, 5.74) is 1.87. The molecule has 0 fully saturated rings. The molecule has 0 N–H and O–H groups in total. The first-order chi connectivity index (χ1) is 14.2. The van der Waals surface area contributed by atoms with Gasteiger partial charge in [-0.15, -0.1) is 0 Å². The fraction of sp³-hybridized carbons (Fsp3) is 0.522. The molecule has 172 valence electrons. The number of carbonyl (C=O) groups is 2. The normalized spacial score (nSPS) is 11.2. The Morgan fingerprint density at radius 1 is 1.06 bits per heavy atom. The van der Waals surface area contributed by atoms with Crippen LogP contribution in [0.15, 0.2) is 29.8 Å². The number of hydrogen-bond acceptors (Lipinski definition) is 6. The van der Waals surface area contributed by atoms with Gasteiger partial charge < -0.3 is 31.3 Å². The van der Waals surface area contributed by atoms with E-state index in [1.807, 2.05) is 44.4 Å². The van der Waals surface area contributed by atoms with Gasteiger partial charge in [0.05, 0.1) is 27.2 Å². The predicted octanol–water partition coefficient (Wildman–Crippen LogP) is 0.0166. The molecule has 0 aromatic heterocycles. The largest absolute Gasteiger partial charge is 1.00 e. The van der Waals surface area contributed by atoms with E-state index in [-0.39, 0.29) is 30.6 Å². The van der Waals surface area contributed by atoms with Crippen LogP contribution < -0.4 is 17.3 Å². The Bertz CT molecular complexity index is 766. The molecule has 1 rings (SSSR count). The van der Waals surface area contributed by atoms with E-state index in [2.05, 4.69) is 18.7 Å². The number of halogens is 1. The topological polar surface area (TPSA) is 79.6 Å².